The molecule has 2 heterocycles. The van der Waals surface area contributed by atoms with Crippen LogP contribution in [-0.4, -0.2) is 61.5 Å². The number of amides is 2. The molecule has 0 aliphatic carbocycles. The molecule has 26 heavy (non-hydrogen) atoms. The van der Waals surface area contributed by atoms with Crippen LogP contribution in [0.2, 0.25) is 0 Å². The van der Waals surface area contributed by atoms with Gasteiger partial charge in [-0.3, -0.25) is 9.59 Å². The van der Waals surface area contributed by atoms with Gasteiger partial charge in [0.1, 0.15) is 0 Å². The molecule has 0 aromatic heterocycles. The molecule has 1 aromatic carbocycles. The number of carbonyl (C=O) groups excluding carboxylic acids is 2. The molecule has 0 N–H and O–H groups in total. The maximum absolute atomic E-state index is 12.9. The SMILES string of the molecule is CCN1CC2(CCN(C(=O)CCOC)CC2)CC(c2ccccc2)C1=O. The molecule has 2 amide bonds. The zero-order valence-corrected chi connectivity index (χ0v) is 15.9. The van der Waals surface area contributed by atoms with E-state index in [2.05, 4.69) is 19.1 Å². The number of hydrogen-bond donors (Lipinski definition) is 0. The molecule has 2 aliphatic heterocycles. The van der Waals surface area contributed by atoms with Crippen LogP contribution in [0.4, 0.5) is 0 Å². The van der Waals surface area contributed by atoms with Crippen molar-refractivity contribution in [2.75, 3.05) is 39.9 Å². The number of hydrogen-bond acceptors (Lipinski definition) is 3. The minimum Gasteiger partial charge on any atom is -0.384 e. The molecule has 1 atom stereocenters. The first-order valence-corrected chi connectivity index (χ1v) is 9.69. The average molecular weight is 358 g/mol. The summed E-state index contributed by atoms with van der Waals surface area (Å²) in [5.74, 6) is 0.379. The van der Waals surface area contributed by atoms with Gasteiger partial charge in [0, 0.05) is 33.3 Å². The normalized spacial score (nSPS) is 22.7. The predicted molar refractivity (Wildman–Crippen MR) is 101 cm³/mol. The van der Waals surface area contributed by atoms with Gasteiger partial charge in [0.25, 0.3) is 0 Å². The van der Waals surface area contributed by atoms with Crippen molar-refractivity contribution in [2.24, 2.45) is 5.41 Å². The molecule has 5 heteroatoms. The lowest BCUT2D eigenvalue weighted by molar-refractivity contribution is -0.144. The number of nitrogens with zero attached hydrogens (tertiary/aromatic N) is 2. The lowest BCUT2D eigenvalue weighted by atomic mass is 9.67. The summed E-state index contributed by atoms with van der Waals surface area (Å²) in [6.45, 7) is 5.69. The van der Waals surface area contributed by atoms with Crippen LogP contribution in [0.3, 0.4) is 0 Å². The molecule has 3 rings (SSSR count). The molecule has 1 unspecified atom stereocenters. The lowest BCUT2D eigenvalue weighted by Crippen LogP contribution is -2.54. The Morgan fingerprint density at radius 2 is 1.92 bits per heavy atom. The van der Waals surface area contributed by atoms with Gasteiger partial charge in [-0.05, 0) is 37.2 Å². The van der Waals surface area contributed by atoms with Crippen LogP contribution in [-0.2, 0) is 14.3 Å². The van der Waals surface area contributed by atoms with Crippen molar-refractivity contribution in [1.82, 2.24) is 9.80 Å². The summed E-state index contributed by atoms with van der Waals surface area (Å²) in [5, 5.41) is 0. The first-order chi connectivity index (χ1) is 12.6. The highest BCUT2D eigenvalue weighted by Crippen LogP contribution is 2.45. The predicted octanol–water partition coefficient (Wildman–Crippen LogP) is 2.67. The summed E-state index contributed by atoms with van der Waals surface area (Å²) in [7, 11) is 1.63. The summed E-state index contributed by atoms with van der Waals surface area (Å²) in [6.07, 6.45) is 3.29. The Balaban J connectivity index is 1.72. The number of ether oxygens (including phenoxy) is 1. The van der Waals surface area contributed by atoms with E-state index >= 15 is 0 Å². The fraction of sp³-hybridized carbons (Fsp3) is 0.619. The van der Waals surface area contributed by atoms with Crippen LogP contribution >= 0.6 is 0 Å². The Morgan fingerprint density at radius 1 is 1.23 bits per heavy atom. The van der Waals surface area contributed by atoms with Crippen molar-refractivity contribution < 1.29 is 14.3 Å². The number of likely N-dealkylation sites (tertiary alicyclic amines) is 2. The van der Waals surface area contributed by atoms with E-state index in [0.717, 1.165) is 51.0 Å². The number of benzene rings is 1. The topological polar surface area (TPSA) is 49.9 Å². The van der Waals surface area contributed by atoms with Gasteiger partial charge in [-0.15, -0.1) is 0 Å². The summed E-state index contributed by atoms with van der Waals surface area (Å²) in [6, 6.07) is 10.2. The second kappa shape index (κ2) is 8.21. The van der Waals surface area contributed by atoms with E-state index < -0.39 is 0 Å². The Hall–Kier alpha value is -1.88. The van der Waals surface area contributed by atoms with E-state index in [4.69, 9.17) is 4.74 Å². The molecule has 1 aromatic rings. The third-order valence-corrected chi connectivity index (χ3v) is 6.05. The van der Waals surface area contributed by atoms with E-state index in [0.29, 0.717) is 13.0 Å². The zero-order valence-electron chi connectivity index (χ0n) is 15.9. The minimum atomic E-state index is -0.0550. The largest absolute Gasteiger partial charge is 0.384 e. The number of rotatable bonds is 5. The zero-order chi connectivity index (χ0) is 18.6. The molecule has 0 radical (unpaired) electrons. The van der Waals surface area contributed by atoms with Crippen LogP contribution < -0.4 is 0 Å². The van der Waals surface area contributed by atoms with Crippen molar-refractivity contribution in [3.8, 4) is 0 Å². The Morgan fingerprint density at radius 3 is 2.54 bits per heavy atom. The third kappa shape index (κ3) is 3.93. The summed E-state index contributed by atoms with van der Waals surface area (Å²) in [5.41, 5.74) is 1.25. The maximum atomic E-state index is 12.9. The van der Waals surface area contributed by atoms with Gasteiger partial charge in [-0.25, -0.2) is 0 Å². The Labute approximate surface area is 156 Å². The van der Waals surface area contributed by atoms with Gasteiger partial charge >= 0.3 is 0 Å². The molecule has 142 valence electrons. The smallest absolute Gasteiger partial charge is 0.230 e. The second-order valence-electron chi connectivity index (χ2n) is 7.64. The number of carbonyl (C=O) groups is 2. The molecule has 0 saturated carbocycles. The number of methoxy groups -OCH3 is 1. The van der Waals surface area contributed by atoms with Crippen molar-refractivity contribution in [1.29, 1.82) is 0 Å². The summed E-state index contributed by atoms with van der Waals surface area (Å²) >= 11 is 0. The average Bonchev–Trinajstić information content (AvgIpc) is 2.69. The van der Waals surface area contributed by atoms with Crippen LogP contribution in [0.25, 0.3) is 0 Å². The van der Waals surface area contributed by atoms with E-state index in [1.807, 2.05) is 28.0 Å². The fourth-order valence-electron chi connectivity index (χ4n) is 4.44. The van der Waals surface area contributed by atoms with Gasteiger partial charge in [0.15, 0.2) is 0 Å². The van der Waals surface area contributed by atoms with Gasteiger partial charge in [0.05, 0.1) is 18.9 Å². The van der Waals surface area contributed by atoms with Crippen molar-refractivity contribution in [3.05, 3.63) is 35.9 Å². The summed E-state index contributed by atoms with van der Waals surface area (Å²) < 4.78 is 5.02. The van der Waals surface area contributed by atoms with Gasteiger partial charge < -0.3 is 14.5 Å². The minimum absolute atomic E-state index is 0.0550. The van der Waals surface area contributed by atoms with Crippen molar-refractivity contribution >= 4 is 11.8 Å². The molecule has 0 bridgehead atoms. The highest BCUT2D eigenvalue weighted by molar-refractivity contribution is 5.85. The molecule has 2 aliphatic rings. The van der Waals surface area contributed by atoms with Gasteiger partial charge in [-0.1, -0.05) is 30.3 Å². The molecular formula is C21H30N2O3. The van der Waals surface area contributed by atoms with E-state index in [1.165, 1.54) is 0 Å². The first kappa shape index (κ1) is 18.9. The fourth-order valence-corrected chi connectivity index (χ4v) is 4.44. The Bertz CT molecular complexity index is 623. The van der Waals surface area contributed by atoms with Crippen LogP contribution in [0.5, 0.6) is 0 Å². The molecule has 1 spiro atoms. The monoisotopic (exact) mass is 358 g/mol. The number of piperidine rings is 2. The lowest BCUT2D eigenvalue weighted by Gasteiger charge is -2.49. The highest BCUT2D eigenvalue weighted by Gasteiger charge is 2.46. The Kier molecular flexibility index (Phi) is 5.97. The van der Waals surface area contributed by atoms with Gasteiger partial charge in [-0.2, -0.15) is 0 Å². The van der Waals surface area contributed by atoms with Crippen LogP contribution in [0.1, 0.15) is 44.1 Å². The first-order valence-electron chi connectivity index (χ1n) is 9.69. The van der Waals surface area contributed by atoms with Crippen LogP contribution in [0.15, 0.2) is 30.3 Å². The quantitative estimate of drug-likeness (QED) is 0.813. The summed E-state index contributed by atoms with van der Waals surface area (Å²) in [4.78, 5) is 29.2. The van der Waals surface area contributed by atoms with E-state index in [9.17, 15) is 9.59 Å². The molecular weight excluding hydrogens is 328 g/mol. The van der Waals surface area contributed by atoms with E-state index in [1.54, 1.807) is 7.11 Å². The van der Waals surface area contributed by atoms with Gasteiger partial charge in [0.2, 0.25) is 11.8 Å². The molecule has 2 fully saturated rings. The van der Waals surface area contributed by atoms with Crippen LogP contribution in [0, 0.1) is 5.41 Å². The molecule has 2 saturated heterocycles. The standard InChI is InChI=1S/C21H30N2O3/c1-3-22-16-21(10-12-23(13-11-21)19(24)9-14-26-2)15-18(20(22)25)17-7-5-4-6-8-17/h4-8,18H,3,9-16H2,1-2H3. The maximum Gasteiger partial charge on any atom is 0.230 e. The van der Waals surface area contributed by atoms with E-state index in [-0.39, 0.29) is 23.1 Å². The highest BCUT2D eigenvalue weighted by atomic mass is 16.5. The van der Waals surface area contributed by atoms with Crippen molar-refractivity contribution in [3.63, 3.8) is 0 Å². The second-order valence-corrected chi connectivity index (χ2v) is 7.64. The molecule has 5 nitrogen and oxygen atoms in total. The third-order valence-electron chi connectivity index (χ3n) is 6.05. The number of likely N-dealkylation sites (N-methyl/N-ethyl adjacent to an activating group) is 1. The van der Waals surface area contributed by atoms with Crippen molar-refractivity contribution in [2.45, 2.75) is 38.5 Å².